The van der Waals surface area contributed by atoms with Crippen molar-refractivity contribution in [3.63, 3.8) is 0 Å². The molecule has 4 heteroatoms. The van der Waals surface area contributed by atoms with Gasteiger partial charge in [-0.05, 0) is 23.6 Å². The first-order valence-corrected chi connectivity index (χ1v) is 6.25. The van der Waals surface area contributed by atoms with E-state index < -0.39 is 5.60 Å². The van der Waals surface area contributed by atoms with Crippen molar-refractivity contribution >= 4 is 11.6 Å². The zero-order valence-corrected chi connectivity index (χ0v) is 10.9. The first-order chi connectivity index (χ1) is 8.40. The Morgan fingerprint density at radius 1 is 1.39 bits per heavy atom. The number of β-amino-alcohol motifs (C(OH)–C–C–N with tert-alkyl or cyclic N) is 1. The number of anilines is 1. The molecular weight excluding hydrogens is 228 g/mol. The lowest BCUT2D eigenvalue weighted by Crippen LogP contribution is -2.66. The van der Waals surface area contributed by atoms with Gasteiger partial charge in [-0.3, -0.25) is 4.79 Å². The minimum atomic E-state index is -0.698. The first kappa shape index (κ1) is 12.9. The Balaban J connectivity index is 1.89. The van der Waals surface area contributed by atoms with Crippen LogP contribution >= 0.6 is 0 Å². The molecule has 98 valence electrons. The number of carbonyl (C=O) groups excluding carboxylic acids is 1. The Bertz CT molecular complexity index is 434. The summed E-state index contributed by atoms with van der Waals surface area (Å²) in [5.41, 5.74) is 6.55. The summed E-state index contributed by atoms with van der Waals surface area (Å²) in [5, 5.41) is 10.1. The zero-order chi connectivity index (χ0) is 13.3. The number of nitrogens with zero attached hydrogens (tertiary/aromatic N) is 1. The topological polar surface area (TPSA) is 66.6 Å². The number of likely N-dealkylation sites (tertiary alicyclic amines) is 1. The monoisotopic (exact) mass is 248 g/mol. The van der Waals surface area contributed by atoms with Gasteiger partial charge in [0.2, 0.25) is 5.91 Å². The second kappa shape index (κ2) is 4.61. The maximum atomic E-state index is 12.0. The number of carbonyl (C=O) groups is 1. The maximum absolute atomic E-state index is 12.0. The molecule has 1 aromatic rings. The molecule has 1 fully saturated rings. The molecule has 0 atom stereocenters. The summed E-state index contributed by atoms with van der Waals surface area (Å²) in [7, 11) is 0. The van der Waals surface area contributed by atoms with Gasteiger partial charge >= 0.3 is 0 Å². The van der Waals surface area contributed by atoms with Gasteiger partial charge in [0.25, 0.3) is 0 Å². The Kier molecular flexibility index (Phi) is 3.30. The molecule has 0 saturated carbocycles. The summed E-state index contributed by atoms with van der Waals surface area (Å²) in [6, 6.07) is 7.32. The predicted molar refractivity (Wildman–Crippen MR) is 70.9 cm³/mol. The molecule has 0 aromatic heterocycles. The number of rotatable bonds is 3. The number of benzene rings is 1. The fourth-order valence-electron chi connectivity index (χ4n) is 2.08. The Morgan fingerprint density at radius 3 is 2.44 bits per heavy atom. The summed E-state index contributed by atoms with van der Waals surface area (Å²) in [4.78, 5) is 13.7. The highest BCUT2D eigenvalue weighted by atomic mass is 16.3. The van der Waals surface area contributed by atoms with Crippen LogP contribution in [0.4, 0.5) is 5.69 Å². The predicted octanol–water partition coefficient (Wildman–Crippen LogP) is 1.04. The van der Waals surface area contributed by atoms with Crippen LogP contribution in [-0.4, -0.2) is 34.6 Å². The first-order valence-electron chi connectivity index (χ1n) is 6.25. The van der Waals surface area contributed by atoms with E-state index in [9.17, 15) is 9.90 Å². The Morgan fingerprint density at radius 2 is 1.94 bits per heavy atom. The van der Waals surface area contributed by atoms with Crippen LogP contribution in [0, 0.1) is 5.92 Å². The summed E-state index contributed by atoms with van der Waals surface area (Å²) in [5.74, 6) is 0.239. The van der Waals surface area contributed by atoms with E-state index in [-0.39, 0.29) is 11.8 Å². The summed E-state index contributed by atoms with van der Waals surface area (Å²) in [6.07, 6.45) is 0.369. The highest BCUT2D eigenvalue weighted by molar-refractivity contribution is 5.80. The SMILES string of the molecule is CC(C)C1(O)CN(C(=O)Cc2ccc(N)cc2)C1. The van der Waals surface area contributed by atoms with Crippen molar-refractivity contribution < 1.29 is 9.90 Å². The van der Waals surface area contributed by atoms with Crippen LogP contribution in [0.15, 0.2) is 24.3 Å². The molecule has 2 rings (SSSR count). The van der Waals surface area contributed by atoms with Crippen molar-refractivity contribution in [3.8, 4) is 0 Å². The number of nitrogen functional groups attached to an aromatic ring is 1. The second-order valence-electron chi connectivity index (χ2n) is 5.43. The van der Waals surface area contributed by atoms with Gasteiger partial charge in [-0.2, -0.15) is 0 Å². The largest absolute Gasteiger partial charge is 0.399 e. The number of hydrogen-bond acceptors (Lipinski definition) is 3. The van der Waals surface area contributed by atoms with Crippen LogP contribution in [0.25, 0.3) is 0 Å². The molecule has 18 heavy (non-hydrogen) atoms. The smallest absolute Gasteiger partial charge is 0.227 e. The van der Waals surface area contributed by atoms with Gasteiger partial charge in [0.05, 0.1) is 19.5 Å². The zero-order valence-electron chi connectivity index (χ0n) is 10.9. The van der Waals surface area contributed by atoms with Gasteiger partial charge in [-0.1, -0.05) is 26.0 Å². The molecule has 1 heterocycles. The number of hydrogen-bond donors (Lipinski definition) is 2. The van der Waals surface area contributed by atoms with E-state index in [4.69, 9.17) is 5.73 Å². The van der Waals surface area contributed by atoms with E-state index in [0.29, 0.717) is 25.2 Å². The Hall–Kier alpha value is -1.55. The minimum absolute atomic E-state index is 0.0603. The fraction of sp³-hybridized carbons (Fsp3) is 0.500. The number of nitrogens with two attached hydrogens (primary N) is 1. The second-order valence-corrected chi connectivity index (χ2v) is 5.43. The van der Waals surface area contributed by atoms with Crippen molar-refractivity contribution in [1.29, 1.82) is 0 Å². The van der Waals surface area contributed by atoms with Gasteiger partial charge in [0.15, 0.2) is 0 Å². The molecular formula is C14H20N2O2. The average Bonchev–Trinajstić information content (AvgIpc) is 2.27. The van der Waals surface area contributed by atoms with Crippen LogP contribution in [0.1, 0.15) is 19.4 Å². The molecule has 0 radical (unpaired) electrons. The molecule has 1 aromatic carbocycles. The fourth-order valence-corrected chi connectivity index (χ4v) is 2.08. The molecule has 1 aliphatic heterocycles. The third-order valence-electron chi connectivity index (χ3n) is 3.69. The van der Waals surface area contributed by atoms with E-state index in [2.05, 4.69) is 0 Å². The van der Waals surface area contributed by atoms with Gasteiger partial charge in [-0.15, -0.1) is 0 Å². The van der Waals surface area contributed by atoms with E-state index >= 15 is 0 Å². The lowest BCUT2D eigenvalue weighted by Gasteiger charge is -2.49. The van der Waals surface area contributed by atoms with E-state index in [0.717, 1.165) is 5.56 Å². The maximum Gasteiger partial charge on any atom is 0.227 e. The van der Waals surface area contributed by atoms with Gasteiger partial charge in [-0.25, -0.2) is 0 Å². The summed E-state index contributed by atoms with van der Waals surface area (Å²) >= 11 is 0. The highest BCUT2D eigenvalue weighted by Gasteiger charge is 2.45. The number of amides is 1. The highest BCUT2D eigenvalue weighted by Crippen LogP contribution is 2.28. The van der Waals surface area contributed by atoms with Crippen molar-refractivity contribution in [3.05, 3.63) is 29.8 Å². The Labute approximate surface area is 107 Å². The van der Waals surface area contributed by atoms with Crippen LogP contribution in [-0.2, 0) is 11.2 Å². The van der Waals surface area contributed by atoms with Crippen LogP contribution < -0.4 is 5.73 Å². The van der Waals surface area contributed by atoms with E-state index in [1.54, 1.807) is 17.0 Å². The average molecular weight is 248 g/mol. The lowest BCUT2D eigenvalue weighted by molar-refractivity contribution is -0.163. The van der Waals surface area contributed by atoms with Crippen molar-refractivity contribution in [2.45, 2.75) is 25.9 Å². The van der Waals surface area contributed by atoms with Gasteiger partial charge < -0.3 is 15.7 Å². The third-order valence-corrected chi connectivity index (χ3v) is 3.69. The summed E-state index contributed by atoms with van der Waals surface area (Å²) in [6.45, 7) is 4.83. The minimum Gasteiger partial charge on any atom is -0.399 e. The van der Waals surface area contributed by atoms with Crippen LogP contribution in [0.2, 0.25) is 0 Å². The van der Waals surface area contributed by atoms with E-state index in [1.165, 1.54) is 0 Å². The molecule has 1 saturated heterocycles. The molecule has 3 N–H and O–H groups in total. The molecule has 1 amide bonds. The van der Waals surface area contributed by atoms with Crippen LogP contribution in [0.3, 0.4) is 0 Å². The number of aliphatic hydroxyl groups is 1. The van der Waals surface area contributed by atoms with Crippen molar-refractivity contribution in [2.24, 2.45) is 5.92 Å². The van der Waals surface area contributed by atoms with Crippen molar-refractivity contribution in [1.82, 2.24) is 4.90 Å². The molecule has 0 unspecified atom stereocenters. The van der Waals surface area contributed by atoms with E-state index in [1.807, 2.05) is 26.0 Å². The molecule has 0 spiro atoms. The quantitative estimate of drug-likeness (QED) is 0.785. The van der Waals surface area contributed by atoms with Gasteiger partial charge in [0.1, 0.15) is 5.60 Å². The molecule has 4 nitrogen and oxygen atoms in total. The molecule has 0 aliphatic carbocycles. The third kappa shape index (κ3) is 2.48. The molecule has 0 bridgehead atoms. The molecule has 1 aliphatic rings. The standard InChI is InChI=1S/C14H20N2O2/c1-10(2)14(18)8-16(9-14)13(17)7-11-3-5-12(15)6-4-11/h3-6,10,18H,7-9,15H2,1-2H3. The normalized spacial score (nSPS) is 17.7. The lowest BCUT2D eigenvalue weighted by atomic mass is 9.83. The summed E-state index contributed by atoms with van der Waals surface area (Å²) < 4.78 is 0. The van der Waals surface area contributed by atoms with Crippen LogP contribution in [0.5, 0.6) is 0 Å². The van der Waals surface area contributed by atoms with Crippen molar-refractivity contribution in [2.75, 3.05) is 18.8 Å². The van der Waals surface area contributed by atoms with Gasteiger partial charge in [0, 0.05) is 5.69 Å².